The summed E-state index contributed by atoms with van der Waals surface area (Å²) in [6, 6.07) is 15.9. The van der Waals surface area contributed by atoms with E-state index in [1.807, 2.05) is 20.8 Å². The maximum atomic E-state index is 13.6. The van der Waals surface area contributed by atoms with Gasteiger partial charge in [0.1, 0.15) is 23.0 Å². The molecule has 1 saturated heterocycles. The molecule has 4 rings (SSSR count). The number of carbonyl (C=O) groups is 2. The molecule has 0 saturated carbocycles. The lowest BCUT2D eigenvalue weighted by Gasteiger charge is -2.26. The van der Waals surface area contributed by atoms with Crippen LogP contribution in [0.15, 0.2) is 66.2 Å². The van der Waals surface area contributed by atoms with Gasteiger partial charge in [-0.05, 0) is 74.9 Å². The highest BCUT2D eigenvalue weighted by molar-refractivity contribution is 6.51. The van der Waals surface area contributed by atoms with Crippen molar-refractivity contribution in [3.63, 3.8) is 0 Å². The van der Waals surface area contributed by atoms with Crippen LogP contribution in [-0.4, -0.2) is 50.8 Å². The van der Waals surface area contributed by atoms with E-state index in [0.29, 0.717) is 59.8 Å². The predicted octanol–water partition coefficient (Wildman–Crippen LogP) is 5.53. The van der Waals surface area contributed by atoms with E-state index in [0.717, 1.165) is 0 Å². The number of hydrogen-bond acceptors (Lipinski definition) is 8. The average Bonchev–Trinajstić information content (AvgIpc) is 3.23. The van der Waals surface area contributed by atoms with Crippen molar-refractivity contribution in [2.45, 2.75) is 26.8 Å². The normalized spacial score (nSPS) is 16.1. The first kappa shape index (κ1) is 28.4. The molecule has 1 atom stereocenters. The molecule has 0 spiro atoms. The molecular formula is C31H33NO8. The Bertz CT molecular complexity index is 1410. The summed E-state index contributed by atoms with van der Waals surface area (Å²) in [6.07, 6.45) is 0. The van der Waals surface area contributed by atoms with Crippen LogP contribution < -0.4 is 28.6 Å². The molecule has 1 amide bonds. The van der Waals surface area contributed by atoms with Crippen molar-refractivity contribution in [3.8, 4) is 28.7 Å². The number of amides is 1. The van der Waals surface area contributed by atoms with E-state index in [4.69, 9.17) is 23.7 Å². The number of anilines is 1. The van der Waals surface area contributed by atoms with Crippen molar-refractivity contribution in [3.05, 3.63) is 77.4 Å². The summed E-state index contributed by atoms with van der Waals surface area (Å²) in [7, 11) is 3.07. The summed E-state index contributed by atoms with van der Waals surface area (Å²) in [4.78, 5) is 28.6. The lowest BCUT2D eigenvalue weighted by Crippen LogP contribution is -2.29. The molecule has 3 aromatic carbocycles. The first-order valence-electron chi connectivity index (χ1n) is 13.0. The minimum Gasteiger partial charge on any atom is -0.507 e. The highest BCUT2D eigenvalue weighted by atomic mass is 16.5. The van der Waals surface area contributed by atoms with Crippen molar-refractivity contribution in [1.29, 1.82) is 0 Å². The van der Waals surface area contributed by atoms with Gasteiger partial charge in [0.05, 0.1) is 51.2 Å². The van der Waals surface area contributed by atoms with Crippen molar-refractivity contribution in [2.24, 2.45) is 0 Å². The topological polar surface area (TPSA) is 104 Å². The van der Waals surface area contributed by atoms with Crippen LogP contribution in [0.5, 0.6) is 28.7 Å². The standard InChI is InChI=1S/C31H33NO8/c1-6-38-22-14-15-23(25(18-22)39-7-2)29(33)27-28(19-9-16-24(37-5)26(17-19)40-8-3)32(31(35)30(27)34)20-10-12-21(36-4)13-11-20/h9-18,28,33H,6-8H2,1-5H3/b29-27+. The van der Waals surface area contributed by atoms with E-state index in [1.165, 1.54) is 12.0 Å². The Morgan fingerprint density at radius 2 is 1.40 bits per heavy atom. The van der Waals surface area contributed by atoms with Crippen LogP contribution in [0.25, 0.3) is 5.76 Å². The molecule has 0 bridgehead atoms. The van der Waals surface area contributed by atoms with Crippen LogP contribution in [0.3, 0.4) is 0 Å². The number of aliphatic hydroxyl groups is 1. The van der Waals surface area contributed by atoms with Crippen LogP contribution >= 0.6 is 0 Å². The molecule has 3 aromatic rings. The van der Waals surface area contributed by atoms with Gasteiger partial charge in [-0.1, -0.05) is 6.07 Å². The molecule has 0 radical (unpaired) electrons. The summed E-state index contributed by atoms with van der Waals surface area (Å²) in [5, 5.41) is 11.7. The summed E-state index contributed by atoms with van der Waals surface area (Å²) >= 11 is 0. The van der Waals surface area contributed by atoms with E-state index in [2.05, 4.69) is 0 Å². The smallest absolute Gasteiger partial charge is 0.300 e. The van der Waals surface area contributed by atoms with E-state index < -0.39 is 17.7 Å². The van der Waals surface area contributed by atoms with Gasteiger partial charge in [-0.3, -0.25) is 14.5 Å². The van der Waals surface area contributed by atoms with E-state index in [9.17, 15) is 14.7 Å². The second-order valence-electron chi connectivity index (χ2n) is 8.73. The number of aliphatic hydroxyl groups excluding tert-OH is 1. The van der Waals surface area contributed by atoms with Gasteiger partial charge in [0.15, 0.2) is 11.5 Å². The minimum atomic E-state index is -0.973. The quantitative estimate of drug-likeness (QED) is 0.190. The maximum Gasteiger partial charge on any atom is 0.300 e. The van der Waals surface area contributed by atoms with Crippen LogP contribution in [0, 0.1) is 0 Å². The van der Waals surface area contributed by atoms with Crippen LogP contribution in [0.1, 0.15) is 37.9 Å². The lowest BCUT2D eigenvalue weighted by molar-refractivity contribution is -0.132. The fraction of sp³-hybridized carbons (Fsp3) is 0.290. The van der Waals surface area contributed by atoms with Crippen molar-refractivity contribution >= 4 is 23.1 Å². The first-order chi connectivity index (χ1) is 19.4. The number of methoxy groups -OCH3 is 2. The largest absolute Gasteiger partial charge is 0.507 e. The monoisotopic (exact) mass is 547 g/mol. The van der Waals surface area contributed by atoms with Gasteiger partial charge in [-0.25, -0.2) is 0 Å². The van der Waals surface area contributed by atoms with Crippen LogP contribution in [0.4, 0.5) is 5.69 Å². The van der Waals surface area contributed by atoms with Gasteiger partial charge in [0, 0.05) is 11.8 Å². The first-order valence-corrected chi connectivity index (χ1v) is 13.0. The number of carbonyl (C=O) groups excluding carboxylic acids is 2. The summed E-state index contributed by atoms with van der Waals surface area (Å²) in [5.41, 5.74) is 1.18. The third-order valence-corrected chi connectivity index (χ3v) is 6.42. The molecule has 0 aromatic heterocycles. The van der Waals surface area contributed by atoms with Gasteiger partial charge in [-0.2, -0.15) is 0 Å². The van der Waals surface area contributed by atoms with Crippen molar-refractivity contribution in [2.75, 3.05) is 38.9 Å². The molecule has 0 aliphatic carbocycles. The summed E-state index contributed by atoms with van der Waals surface area (Å²) in [5.74, 6) is 0.434. The fourth-order valence-corrected chi connectivity index (χ4v) is 4.66. The SMILES string of the molecule is CCOc1ccc(/C(O)=C2\C(=O)C(=O)N(c3ccc(OC)cc3)C2c2ccc(OC)c(OCC)c2)c(OCC)c1. The van der Waals surface area contributed by atoms with Crippen LogP contribution in [-0.2, 0) is 9.59 Å². The number of ketones is 1. The number of Topliss-reactive ketones (excluding diaryl/α,β-unsaturated/α-hetero) is 1. The highest BCUT2D eigenvalue weighted by Crippen LogP contribution is 2.45. The fourth-order valence-electron chi connectivity index (χ4n) is 4.66. The van der Waals surface area contributed by atoms with Crippen molar-refractivity contribution < 1.29 is 38.4 Å². The molecule has 9 heteroatoms. The number of benzene rings is 3. The van der Waals surface area contributed by atoms with Gasteiger partial charge in [0.25, 0.3) is 11.7 Å². The Labute approximate surface area is 233 Å². The number of hydrogen-bond donors (Lipinski definition) is 1. The Hall–Kier alpha value is -4.66. The number of nitrogens with zero attached hydrogens (tertiary/aromatic N) is 1. The van der Waals surface area contributed by atoms with E-state index in [-0.39, 0.29) is 16.9 Å². The molecule has 1 unspecified atom stereocenters. The third-order valence-electron chi connectivity index (χ3n) is 6.42. The highest BCUT2D eigenvalue weighted by Gasteiger charge is 2.47. The molecule has 210 valence electrons. The minimum absolute atomic E-state index is 0.0847. The van der Waals surface area contributed by atoms with Crippen LogP contribution in [0.2, 0.25) is 0 Å². The molecule has 1 fully saturated rings. The molecule has 9 nitrogen and oxygen atoms in total. The van der Waals surface area contributed by atoms with Gasteiger partial charge in [-0.15, -0.1) is 0 Å². The van der Waals surface area contributed by atoms with Gasteiger partial charge in [0.2, 0.25) is 0 Å². The Morgan fingerprint density at radius 3 is 2.02 bits per heavy atom. The maximum absolute atomic E-state index is 13.6. The Morgan fingerprint density at radius 1 is 0.750 bits per heavy atom. The zero-order chi connectivity index (χ0) is 28.8. The Balaban J connectivity index is 1.96. The molecule has 1 N–H and O–H groups in total. The number of ether oxygens (including phenoxy) is 5. The number of rotatable bonds is 11. The molecule has 1 aliphatic rings. The molecule has 40 heavy (non-hydrogen) atoms. The molecular weight excluding hydrogens is 514 g/mol. The Kier molecular flexibility index (Phi) is 8.83. The zero-order valence-electron chi connectivity index (χ0n) is 23.2. The van der Waals surface area contributed by atoms with E-state index >= 15 is 0 Å². The second-order valence-corrected chi connectivity index (χ2v) is 8.73. The van der Waals surface area contributed by atoms with Gasteiger partial charge < -0.3 is 28.8 Å². The summed E-state index contributed by atoms with van der Waals surface area (Å²) in [6.45, 7) is 6.66. The second kappa shape index (κ2) is 12.5. The molecule has 1 heterocycles. The zero-order valence-corrected chi connectivity index (χ0v) is 23.2. The average molecular weight is 548 g/mol. The van der Waals surface area contributed by atoms with Crippen molar-refractivity contribution in [1.82, 2.24) is 0 Å². The third kappa shape index (κ3) is 5.40. The van der Waals surface area contributed by atoms with Gasteiger partial charge >= 0.3 is 0 Å². The lowest BCUT2D eigenvalue weighted by atomic mass is 9.94. The molecule has 1 aliphatic heterocycles. The predicted molar refractivity (Wildman–Crippen MR) is 151 cm³/mol. The van der Waals surface area contributed by atoms with E-state index in [1.54, 1.807) is 67.8 Å². The summed E-state index contributed by atoms with van der Waals surface area (Å²) < 4.78 is 27.9.